The van der Waals surface area contributed by atoms with E-state index in [0.29, 0.717) is 18.7 Å². The molecule has 7 heteroatoms. The second-order valence-electron chi connectivity index (χ2n) is 6.02. The van der Waals surface area contributed by atoms with Crippen molar-refractivity contribution in [3.63, 3.8) is 0 Å². The van der Waals surface area contributed by atoms with E-state index in [1.807, 2.05) is 12.1 Å². The maximum Gasteiger partial charge on any atom is 0.291 e. The lowest BCUT2D eigenvalue weighted by atomic mass is 10.1. The predicted octanol–water partition coefficient (Wildman–Crippen LogP) is 3.73. The second-order valence-corrected chi connectivity index (χ2v) is 7.51. The topological polar surface area (TPSA) is 71.3 Å². The van der Waals surface area contributed by atoms with Crippen LogP contribution in [0.15, 0.2) is 47.1 Å². The SMILES string of the molecule is CC1(C(=O)NCc2ccc(NC(=O)c3ccco3)cc2)CC1(Cl)Cl. The minimum absolute atomic E-state index is 0.164. The molecule has 1 unspecified atom stereocenters. The van der Waals surface area contributed by atoms with Crippen molar-refractivity contribution in [1.82, 2.24) is 5.32 Å². The van der Waals surface area contributed by atoms with Gasteiger partial charge in [0, 0.05) is 12.2 Å². The molecule has 2 N–H and O–H groups in total. The van der Waals surface area contributed by atoms with Gasteiger partial charge in [-0.3, -0.25) is 9.59 Å². The molecule has 5 nitrogen and oxygen atoms in total. The Morgan fingerprint density at radius 1 is 1.21 bits per heavy atom. The Balaban J connectivity index is 1.54. The highest BCUT2D eigenvalue weighted by molar-refractivity contribution is 6.53. The highest BCUT2D eigenvalue weighted by Crippen LogP contribution is 2.63. The summed E-state index contributed by atoms with van der Waals surface area (Å²) in [5, 5.41) is 5.56. The van der Waals surface area contributed by atoms with Crippen LogP contribution >= 0.6 is 23.2 Å². The summed E-state index contributed by atoms with van der Waals surface area (Å²) in [5.74, 6) is -0.236. The van der Waals surface area contributed by atoms with Gasteiger partial charge in [0.2, 0.25) is 5.91 Å². The monoisotopic (exact) mass is 366 g/mol. The lowest BCUT2D eigenvalue weighted by Crippen LogP contribution is -2.32. The standard InChI is InChI=1S/C17H16Cl2N2O3/c1-16(10-17(16,18)19)15(23)20-9-11-4-6-12(7-5-11)21-14(22)13-3-2-8-24-13/h2-8H,9-10H2,1H3,(H,20,23)(H,21,22). The largest absolute Gasteiger partial charge is 0.459 e. The Labute approximate surface area is 149 Å². The maximum atomic E-state index is 12.1. The molecule has 0 radical (unpaired) electrons. The van der Waals surface area contributed by atoms with Crippen LogP contribution in [0.25, 0.3) is 0 Å². The van der Waals surface area contributed by atoms with Crippen molar-refractivity contribution in [2.75, 3.05) is 5.32 Å². The molecule has 0 saturated heterocycles. The van der Waals surface area contributed by atoms with Gasteiger partial charge in [0.15, 0.2) is 5.76 Å². The fraction of sp³-hybridized carbons (Fsp3) is 0.294. The smallest absolute Gasteiger partial charge is 0.291 e. The van der Waals surface area contributed by atoms with Gasteiger partial charge in [-0.2, -0.15) is 0 Å². The van der Waals surface area contributed by atoms with Crippen molar-refractivity contribution in [3.8, 4) is 0 Å². The van der Waals surface area contributed by atoms with E-state index < -0.39 is 9.75 Å². The number of nitrogens with one attached hydrogen (secondary N) is 2. The molecular formula is C17H16Cl2N2O3. The van der Waals surface area contributed by atoms with Crippen molar-refractivity contribution in [2.24, 2.45) is 5.41 Å². The van der Waals surface area contributed by atoms with E-state index in [1.54, 1.807) is 31.2 Å². The molecule has 1 aromatic heterocycles. The predicted molar refractivity (Wildman–Crippen MR) is 92.1 cm³/mol. The number of anilines is 1. The lowest BCUT2D eigenvalue weighted by molar-refractivity contribution is -0.125. The Kier molecular flexibility index (Phi) is 4.32. The van der Waals surface area contributed by atoms with Crippen LogP contribution in [0, 0.1) is 5.41 Å². The number of rotatable bonds is 5. The van der Waals surface area contributed by atoms with E-state index >= 15 is 0 Å². The van der Waals surface area contributed by atoms with Crippen LogP contribution < -0.4 is 10.6 Å². The normalized spacial score (nSPS) is 21.1. The molecule has 0 bridgehead atoms. The van der Waals surface area contributed by atoms with Crippen LogP contribution in [0.3, 0.4) is 0 Å². The minimum Gasteiger partial charge on any atom is -0.459 e. The first kappa shape index (κ1) is 16.9. The van der Waals surface area contributed by atoms with Gasteiger partial charge in [-0.1, -0.05) is 12.1 Å². The molecule has 3 rings (SSSR count). The molecule has 0 spiro atoms. The quantitative estimate of drug-likeness (QED) is 0.791. The average Bonchev–Trinajstić information content (AvgIpc) is 2.95. The molecule has 0 aliphatic heterocycles. The number of halogens is 2. The summed E-state index contributed by atoms with van der Waals surface area (Å²) >= 11 is 12.0. The highest BCUT2D eigenvalue weighted by atomic mass is 35.5. The first-order valence-electron chi connectivity index (χ1n) is 7.42. The van der Waals surface area contributed by atoms with E-state index in [9.17, 15) is 9.59 Å². The molecule has 2 aromatic rings. The number of hydrogen-bond acceptors (Lipinski definition) is 3. The van der Waals surface area contributed by atoms with Crippen molar-refractivity contribution in [1.29, 1.82) is 0 Å². The number of furan rings is 1. The third kappa shape index (κ3) is 3.28. The van der Waals surface area contributed by atoms with E-state index in [-0.39, 0.29) is 17.6 Å². The van der Waals surface area contributed by atoms with Gasteiger partial charge in [0.25, 0.3) is 5.91 Å². The van der Waals surface area contributed by atoms with Gasteiger partial charge >= 0.3 is 0 Å². The summed E-state index contributed by atoms with van der Waals surface area (Å²) in [6.07, 6.45) is 1.89. The van der Waals surface area contributed by atoms with Crippen molar-refractivity contribution >= 4 is 40.7 Å². The Bertz CT molecular complexity index is 757. The van der Waals surface area contributed by atoms with Gasteiger partial charge < -0.3 is 15.1 Å². The number of carbonyl (C=O) groups is 2. The molecular weight excluding hydrogens is 351 g/mol. The fourth-order valence-electron chi connectivity index (χ4n) is 2.33. The molecule has 1 aliphatic rings. The summed E-state index contributed by atoms with van der Waals surface area (Å²) in [6.45, 7) is 2.11. The van der Waals surface area contributed by atoms with Crippen molar-refractivity contribution in [3.05, 3.63) is 54.0 Å². The summed E-state index contributed by atoms with van der Waals surface area (Å²) < 4.78 is 4.05. The second kappa shape index (κ2) is 6.15. The zero-order chi connectivity index (χ0) is 17.4. The lowest BCUT2D eigenvalue weighted by Gasteiger charge is -2.13. The van der Waals surface area contributed by atoms with Gasteiger partial charge in [0.1, 0.15) is 4.33 Å². The van der Waals surface area contributed by atoms with Crippen LogP contribution in [0.2, 0.25) is 0 Å². The molecule has 126 valence electrons. The van der Waals surface area contributed by atoms with Crippen molar-refractivity contribution in [2.45, 2.75) is 24.2 Å². The number of hydrogen-bond donors (Lipinski definition) is 2. The molecule has 1 fully saturated rings. The van der Waals surface area contributed by atoms with Gasteiger partial charge in [0.05, 0.1) is 11.7 Å². The molecule has 2 amide bonds. The van der Waals surface area contributed by atoms with Crippen LogP contribution in [0.1, 0.15) is 29.5 Å². The first-order valence-corrected chi connectivity index (χ1v) is 8.17. The van der Waals surface area contributed by atoms with Crippen LogP contribution in [-0.2, 0) is 11.3 Å². The molecule has 1 atom stereocenters. The Morgan fingerprint density at radius 3 is 2.42 bits per heavy atom. The first-order chi connectivity index (χ1) is 11.3. The van der Waals surface area contributed by atoms with E-state index in [2.05, 4.69) is 10.6 Å². The highest BCUT2D eigenvalue weighted by Gasteiger charge is 2.67. The van der Waals surface area contributed by atoms with Crippen LogP contribution in [-0.4, -0.2) is 16.1 Å². The van der Waals surface area contributed by atoms with E-state index in [4.69, 9.17) is 27.6 Å². The molecule has 1 heterocycles. The Morgan fingerprint density at radius 2 is 1.88 bits per heavy atom. The zero-order valence-electron chi connectivity index (χ0n) is 12.9. The molecule has 1 aliphatic carbocycles. The van der Waals surface area contributed by atoms with Gasteiger partial charge in [-0.25, -0.2) is 0 Å². The summed E-state index contributed by atoms with van der Waals surface area (Å²) in [4.78, 5) is 24.0. The van der Waals surface area contributed by atoms with Gasteiger partial charge in [-0.05, 0) is 43.2 Å². The number of amides is 2. The van der Waals surface area contributed by atoms with Gasteiger partial charge in [-0.15, -0.1) is 23.2 Å². The average molecular weight is 367 g/mol. The summed E-state index contributed by atoms with van der Waals surface area (Å²) in [7, 11) is 0. The summed E-state index contributed by atoms with van der Waals surface area (Å²) in [6, 6.07) is 10.4. The number of alkyl halides is 2. The number of benzene rings is 1. The summed E-state index contributed by atoms with van der Waals surface area (Å²) in [5.41, 5.74) is 0.812. The van der Waals surface area contributed by atoms with Crippen LogP contribution in [0.5, 0.6) is 0 Å². The molecule has 1 saturated carbocycles. The third-order valence-corrected chi connectivity index (χ3v) is 5.27. The molecule has 1 aromatic carbocycles. The zero-order valence-corrected chi connectivity index (χ0v) is 14.4. The number of carbonyl (C=O) groups excluding carboxylic acids is 2. The Hall–Kier alpha value is -1.98. The fourth-order valence-corrected chi connectivity index (χ4v) is 3.04. The minimum atomic E-state index is -0.975. The molecule has 24 heavy (non-hydrogen) atoms. The van der Waals surface area contributed by atoms with Crippen molar-refractivity contribution < 1.29 is 14.0 Å². The van der Waals surface area contributed by atoms with Crippen LogP contribution in [0.4, 0.5) is 5.69 Å². The van der Waals surface area contributed by atoms with E-state index in [1.165, 1.54) is 6.26 Å². The third-order valence-electron chi connectivity index (χ3n) is 4.17. The van der Waals surface area contributed by atoms with E-state index in [0.717, 1.165) is 5.56 Å². The maximum absolute atomic E-state index is 12.1.